The summed E-state index contributed by atoms with van der Waals surface area (Å²) in [6.45, 7) is 3.37. The molecule has 2 rings (SSSR count). The Morgan fingerprint density at radius 3 is 2.86 bits per heavy atom. The van der Waals surface area contributed by atoms with Gasteiger partial charge in [-0.3, -0.25) is 0 Å². The van der Waals surface area contributed by atoms with Gasteiger partial charge in [-0.1, -0.05) is 48.9 Å². The van der Waals surface area contributed by atoms with Gasteiger partial charge in [-0.05, 0) is 24.9 Å². The molecule has 1 unspecified atom stereocenters. The normalized spacial score (nSPS) is 24.4. The van der Waals surface area contributed by atoms with Crippen LogP contribution in [0.25, 0.3) is 6.08 Å². The monoisotopic (exact) mass is 187 g/mol. The summed E-state index contributed by atoms with van der Waals surface area (Å²) in [4.78, 5) is 0. The molecule has 74 valence electrons. The fraction of sp³-hybridized carbons (Fsp3) is 0.385. The largest absolute Gasteiger partial charge is 0.310 e. The first kappa shape index (κ1) is 9.47. The lowest BCUT2D eigenvalue weighted by Crippen LogP contribution is -2.20. The zero-order chi connectivity index (χ0) is 9.80. The molecule has 0 bridgehead atoms. The minimum absolute atomic E-state index is 0.607. The minimum Gasteiger partial charge on any atom is -0.310 e. The summed E-state index contributed by atoms with van der Waals surface area (Å²) < 4.78 is 0. The van der Waals surface area contributed by atoms with Crippen LogP contribution in [-0.4, -0.2) is 12.6 Å². The molecule has 1 saturated heterocycles. The van der Waals surface area contributed by atoms with Crippen LogP contribution in [-0.2, 0) is 0 Å². The molecule has 0 amide bonds. The van der Waals surface area contributed by atoms with Crippen molar-refractivity contribution in [3.63, 3.8) is 0 Å². The highest BCUT2D eigenvalue weighted by Crippen LogP contribution is 2.19. The molecule has 1 aliphatic rings. The first-order valence-corrected chi connectivity index (χ1v) is 5.39. The maximum atomic E-state index is 3.51. The molecule has 1 N–H and O–H groups in total. The molecule has 1 heteroatoms. The Balaban J connectivity index is 2.18. The Morgan fingerprint density at radius 2 is 2.14 bits per heavy atom. The van der Waals surface area contributed by atoms with Crippen molar-refractivity contribution in [1.29, 1.82) is 0 Å². The molecule has 0 saturated carbocycles. The maximum Gasteiger partial charge on any atom is 0.0280 e. The molecule has 1 aliphatic heterocycles. The van der Waals surface area contributed by atoms with Gasteiger partial charge in [0.25, 0.3) is 0 Å². The maximum absolute atomic E-state index is 3.51. The number of hydrogen-bond acceptors (Lipinski definition) is 1. The second-order valence-electron chi connectivity index (χ2n) is 3.79. The summed E-state index contributed by atoms with van der Waals surface area (Å²) in [5.74, 6) is 0. The Morgan fingerprint density at radius 1 is 1.36 bits per heavy atom. The molecule has 0 aromatic heterocycles. The third-order valence-electron chi connectivity index (χ3n) is 2.81. The van der Waals surface area contributed by atoms with E-state index in [1.165, 1.54) is 18.4 Å². The van der Waals surface area contributed by atoms with Gasteiger partial charge in [-0.25, -0.2) is 0 Å². The van der Waals surface area contributed by atoms with Crippen molar-refractivity contribution < 1.29 is 0 Å². The lowest BCUT2D eigenvalue weighted by molar-refractivity contribution is 0.647. The molecule has 1 aromatic carbocycles. The number of rotatable bonds is 2. The van der Waals surface area contributed by atoms with Crippen molar-refractivity contribution in [2.45, 2.75) is 25.8 Å². The molecule has 1 fully saturated rings. The fourth-order valence-corrected chi connectivity index (χ4v) is 2.04. The molecule has 1 nitrogen and oxygen atoms in total. The highest BCUT2D eigenvalue weighted by molar-refractivity contribution is 5.54. The highest BCUT2D eigenvalue weighted by Gasteiger charge is 2.17. The first-order chi connectivity index (χ1) is 6.90. The van der Waals surface area contributed by atoms with E-state index < -0.39 is 0 Å². The van der Waals surface area contributed by atoms with Crippen molar-refractivity contribution in [3.8, 4) is 0 Å². The van der Waals surface area contributed by atoms with Crippen LogP contribution in [0, 0.1) is 0 Å². The van der Waals surface area contributed by atoms with E-state index in [0.717, 1.165) is 6.54 Å². The van der Waals surface area contributed by atoms with Gasteiger partial charge in [0.15, 0.2) is 0 Å². The lowest BCUT2D eigenvalue weighted by Gasteiger charge is -2.08. The second kappa shape index (κ2) is 4.43. The predicted molar refractivity (Wildman–Crippen MR) is 61.1 cm³/mol. The number of benzene rings is 1. The molecular formula is C13H17N. The van der Waals surface area contributed by atoms with E-state index in [1.54, 1.807) is 5.57 Å². The topological polar surface area (TPSA) is 12.0 Å². The standard InChI is InChI=1S/C13H17N/c1-2-13-12(8-9-14-13)10-11-6-4-3-5-7-11/h3-7,10,13-14H,2,8-9H2,1H3/b12-10-. The van der Waals surface area contributed by atoms with Crippen molar-refractivity contribution in [3.05, 3.63) is 41.5 Å². The summed E-state index contributed by atoms with van der Waals surface area (Å²) in [7, 11) is 0. The summed E-state index contributed by atoms with van der Waals surface area (Å²) in [5, 5.41) is 3.51. The van der Waals surface area contributed by atoms with E-state index in [2.05, 4.69) is 48.6 Å². The molecular weight excluding hydrogens is 170 g/mol. The predicted octanol–water partition coefficient (Wildman–Crippen LogP) is 2.84. The SMILES string of the molecule is CCC1NCC/C1=C/c1ccccc1. The summed E-state index contributed by atoms with van der Waals surface area (Å²) in [5.41, 5.74) is 2.88. The minimum atomic E-state index is 0.607. The molecule has 14 heavy (non-hydrogen) atoms. The van der Waals surface area contributed by atoms with Gasteiger partial charge in [0.1, 0.15) is 0 Å². The van der Waals surface area contributed by atoms with Crippen LogP contribution in [0.2, 0.25) is 0 Å². The Hall–Kier alpha value is -1.08. The average Bonchev–Trinajstić information content (AvgIpc) is 2.67. The van der Waals surface area contributed by atoms with Crippen LogP contribution in [0.5, 0.6) is 0 Å². The van der Waals surface area contributed by atoms with Crippen molar-refractivity contribution >= 4 is 6.08 Å². The van der Waals surface area contributed by atoms with Gasteiger partial charge >= 0.3 is 0 Å². The van der Waals surface area contributed by atoms with E-state index >= 15 is 0 Å². The van der Waals surface area contributed by atoms with Gasteiger partial charge in [-0.15, -0.1) is 0 Å². The van der Waals surface area contributed by atoms with Crippen LogP contribution >= 0.6 is 0 Å². The number of nitrogens with one attached hydrogen (secondary N) is 1. The lowest BCUT2D eigenvalue weighted by atomic mass is 10.0. The van der Waals surface area contributed by atoms with Gasteiger partial charge < -0.3 is 5.32 Å². The summed E-state index contributed by atoms with van der Waals surface area (Å²) in [6.07, 6.45) is 4.72. The van der Waals surface area contributed by atoms with Gasteiger partial charge in [0, 0.05) is 6.04 Å². The molecule has 1 aromatic rings. The van der Waals surface area contributed by atoms with Crippen LogP contribution in [0.3, 0.4) is 0 Å². The molecule has 0 spiro atoms. The third-order valence-corrected chi connectivity index (χ3v) is 2.81. The Bertz CT molecular complexity index is 313. The van der Waals surface area contributed by atoms with Crippen molar-refractivity contribution in [1.82, 2.24) is 5.32 Å². The zero-order valence-electron chi connectivity index (χ0n) is 8.66. The molecule has 1 atom stereocenters. The highest BCUT2D eigenvalue weighted by atomic mass is 14.9. The summed E-state index contributed by atoms with van der Waals surface area (Å²) >= 11 is 0. The summed E-state index contributed by atoms with van der Waals surface area (Å²) in [6, 6.07) is 11.2. The molecule has 1 heterocycles. The average molecular weight is 187 g/mol. The van der Waals surface area contributed by atoms with Crippen molar-refractivity contribution in [2.24, 2.45) is 0 Å². The van der Waals surface area contributed by atoms with E-state index in [0.29, 0.717) is 6.04 Å². The second-order valence-corrected chi connectivity index (χ2v) is 3.79. The van der Waals surface area contributed by atoms with Gasteiger partial charge in [0.05, 0.1) is 0 Å². The van der Waals surface area contributed by atoms with Crippen LogP contribution in [0.1, 0.15) is 25.3 Å². The van der Waals surface area contributed by atoms with Crippen LogP contribution in [0.15, 0.2) is 35.9 Å². The Labute approximate surface area is 85.8 Å². The zero-order valence-corrected chi connectivity index (χ0v) is 8.66. The van der Waals surface area contributed by atoms with E-state index in [1.807, 2.05) is 0 Å². The first-order valence-electron chi connectivity index (χ1n) is 5.39. The van der Waals surface area contributed by atoms with Crippen LogP contribution in [0.4, 0.5) is 0 Å². The van der Waals surface area contributed by atoms with Gasteiger partial charge in [-0.2, -0.15) is 0 Å². The number of hydrogen-bond donors (Lipinski definition) is 1. The fourth-order valence-electron chi connectivity index (χ4n) is 2.04. The molecule has 0 aliphatic carbocycles. The van der Waals surface area contributed by atoms with Crippen molar-refractivity contribution in [2.75, 3.05) is 6.54 Å². The van der Waals surface area contributed by atoms with E-state index in [-0.39, 0.29) is 0 Å². The van der Waals surface area contributed by atoms with Gasteiger partial charge in [0.2, 0.25) is 0 Å². The third kappa shape index (κ3) is 2.05. The smallest absolute Gasteiger partial charge is 0.0280 e. The molecule has 0 radical (unpaired) electrons. The Kier molecular flexibility index (Phi) is 3.00. The quantitative estimate of drug-likeness (QED) is 0.750. The van der Waals surface area contributed by atoms with Crippen LogP contribution < -0.4 is 5.32 Å². The van der Waals surface area contributed by atoms with E-state index in [9.17, 15) is 0 Å². The van der Waals surface area contributed by atoms with E-state index in [4.69, 9.17) is 0 Å².